The second kappa shape index (κ2) is 5.33. The Balaban J connectivity index is 2.25. The predicted molar refractivity (Wildman–Crippen MR) is 71.9 cm³/mol. The van der Waals surface area contributed by atoms with E-state index in [4.69, 9.17) is 5.73 Å². The molecule has 0 fully saturated rings. The molecule has 1 atom stereocenters. The fourth-order valence-electron chi connectivity index (χ4n) is 1.50. The number of nitrogens with two attached hydrogens (primary N) is 1. The summed E-state index contributed by atoms with van der Waals surface area (Å²) in [6, 6.07) is 9.40. The van der Waals surface area contributed by atoms with Gasteiger partial charge in [-0.3, -0.25) is 4.72 Å². The van der Waals surface area contributed by atoms with Crippen molar-refractivity contribution in [3.05, 3.63) is 48.2 Å². The molecule has 0 spiro atoms. The van der Waals surface area contributed by atoms with E-state index in [1.807, 2.05) is 6.92 Å². The van der Waals surface area contributed by atoms with Crippen LogP contribution in [-0.2, 0) is 10.0 Å². The van der Waals surface area contributed by atoms with Gasteiger partial charge in [0.15, 0.2) is 5.82 Å². The molecule has 0 amide bonds. The molecule has 19 heavy (non-hydrogen) atoms. The van der Waals surface area contributed by atoms with E-state index >= 15 is 0 Å². The maximum Gasteiger partial charge on any atom is 0.263 e. The van der Waals surface area contributed by atoms with Crippen LogP contribution in [0.3, 0.4) is 0 Å². The highest BCUT2D eigenvalue weighted by atomic mass is 32.2. The van der Waals surface area contributed by atoms with Crippen LogP contribution in [0.1, 0.15) is 18.5 Å². The van der Waals surface area contributed by atoms with Gasteiger partial charge in [-0.15, -0.1) is 5.10 Å². The highest BCUT2D eigenvalue weighted by molar-refractivity contribution is 7.92. The number of aromatic nitrogens is 2. The van der Waals surface area contributed by atoms with Gasteiger partial charge in [0.05, 0.1) is 4.90 Å². The van der Waals surface area contributed by atoms with Crippen LogP contribution in [0.25, 0.3) is 0 Å². The minimum Gasteiger partial charge on any atom is -0.324 e. The zero-order valence-corrected chi connectivity index (χ0v) is 11.1. The Kier molecular flexibility index (Phi) is 3.77. The largest absolute Gasteiger partial charge is 0.324 e. The first-order valence-corrected chi connectivity index (χ1v) is 7.13. The van der Waals surface area contributed by atoms with Crippen molar-refractivity contribution in [2.75, 3.05) is 4.72 Å². The van der Waals surface area contributed by atoms with Crippen molar-refractivity contribution in [1.82, 2.24) is 10.2 Å². The lowest BCUT2D eigenvalue weighted by molar-refractivity contribution is 0.601. The zero-order valence-electron chi connectivity index (χ0n) is 10.3. The molecule has 0 radical (unpaired) electrons. The van der Waals surface area contributed by atoms with Crippen molar-refractivity contribution >= 4 is 15.8 Å². The number of hydrogen-bond donors (Lipinski definition) is 2. The number of sulfonamides is 1. The summed E-state index contributed by atoms with van der Waals surface area (Å²) in [6.45, 7) is 1.83. The van der Waals surface area contributed by atoms with Gasteiger partial charge in [-0.1, -0.05) is 12.1 Å². The van der Waals surface area contributed by atoms with Crippen molar-refractivity contribution in [1.29, 1.82) is 0 Å². The molecule has 2 aromatic rings. The molecule has 0 aliphatic rings. The van der Waals surface area contributed by atoms with Crippen molar-refractivity contribution in [2.24, 2.45) is 5.73 Å². The first kappa shape index (κ1) is 13.4. The molecule has 3 N–H and O–H groups in total. The lowest BCUT2D eigenvalue weighted by Gasteiger charge is -2.09. The quantitative estimate of drug-likeness (QED) is 0.878. The predicted octanol–water partition coefficient (Wildman–Crippen LogP) is 1.30. The van der Waals surface area contributed by atoms with E-state index in [9.17, 15) is 8.42 Å². The molecular formula is C12H14N4O2S. The maximum atomic E-state index is 12.1. The van der Waals surface area contributed by atoms with Crippen molar-refractivity contribution in [3.63, 3.8) is 0 Å². The van der Waals surface area contributed by atoms with Gasteiger partial charge in [-0.05, 0) is 36.8 Å². The van der Waals surface area contributed by atoms with E-state index in [1.165, 1.54) is 24.4 Å². The number of hydrogen-bond acceptors (Lipinski definition) is 5. The van der Waals surface area contributed by atoms with E-state index in [2.05, 4.69) is 14.9 Å². The molecule has 0 aliphatic carbocycles. The van der Waals surface area contributed by atoms with Crippen LogP contribution < -0.4 is 10.5 Å². The van der Waals surface area contributed by atoms with Gasteiger partial charge in [0.2, 0.25) is 0 Å². The minimum atomic E-state index is -3.65. The number of rotatable bonds is 4. The number of nitrogens with one attached hydrogen (secondary N) is 1. The molecule has 7 heteroatoms. The fraction of sp³-hybridized carbons (Fsp3) is 0.167. The Bertz CT molecular complexity index is 639. The van der Waals surface area contributed by atoms with E-state index in [0.29, 0.717) is 0 Å². The summed E-state index contributed by atoms with van der Waals surface area (Å²) in [4.78, 5) is 0.155. The van der Waals surface area contributed by atoms with Gasteiger partial charge in [0.25, 0.3) is 10.0 Å². The van der Waals surface area contributed by atoms with Gasteiger partial charge in [-0.2, -0.15) is 5.10 Å². The summed E-state index contributed by atoms with van der Waals surface area (Å²) >= 11 is 0. The van der Waals surface area contributed by atoms with Crippen LogP contribution in [0.2, 0.25) is 0 Å². The average molecular weight is 278 g/mol. The first-order chi connectivity index (χ1) is 8.99. The monoisotopic (exact) mass is 278 g/mol. The molecule has 0 saturated heterocycles. The number of nitrogens with zero attached hydrogens (tertiary/aromatic N) is 2. The third-order valence-electron chi connectivity index (χ3n) is 2.53. The Hall–Kier alpha value is -1.99. The SMILES string of the molecule is CC(N)c1ccc(S(=O)(=O)Nc2cccnn2)cc1. The summed E-state index contributed by atoms with van der Waals surface area (Å²) in [7, 11) is -3.65. The van der Waals surface area contributed by atoms with E-state index in [1.54, 1.807) is 18.2 Å². The summed E-state index contributed by atoms with van der Waals surface area (Å²) in [6.07, 6.45) is 1.47. The third-order valence-corrected chi connectivity index (χ3v) is 3.90. The normalized spacial score (nSPS) is 12.9. The molecule has 1 unspecified atom stereocenters. The molecule has 0 saturated carbocycles. The van der Waals surface area contributed by atoms with Crippen LogP contribution in [0.5, 0.6) is 0 Å². The van der Waals surface area contributed by atoms with Gasteiger partial charge < -0.3 is 5.73 Å². The Morgan fingerprint density at radius 2 is 1.89 bits per heavy atom. The summed E-state index contributed by atoms with van der Waals surface area (Å²) in [5.41, 5.74) is 6.59. The second-order valence-electron chi connectivity index (χ2n) is 4.07. The van der Waals surface area contributed by atoms with Crippen molar-refractivity contribution < 1.29 is 8.42 Å². The fourth-order valence-corrected chi connectivity index (χ4v) is 2.50. The molecule has 100 valence electrons. The van der Waals surface area contributed by atoms with Gasteiger partial charge in [-0.25, -0.2) is 8.42 Å². The molecule has 2 rings (SSSR count). The highest BCUT2D eigenvalue weighted by Gasteiger charge is 2.15. The highest BCUT2D eigenvalue weighted by Crippen LogP contribution is 2.16. The molecular weight excluding hydrogens is 264 g/mol. The summed E-state index contributed by atoms with van der Waals surface area (Å²) in [5.74, 6) is 0.179. The molecule has 1 heterocycles. The van der Waals surface area contributed by atoms with Gasteiger partial charge >= 0.3 is 0 Å². The zero-order chi connectivity index (χ0) is 13.9. The van der Waals surface area contributed by atoms with E-state index in [-0.39, 0.29) is 16.8 Å². The molecule has 6 nitrogen and oxygen atoms in total. The van der Waals surface area contributed by atoms with Gasteiger partial charge in [0.1, 0.15) is 0 Å². The standard InChI is InChI=1S/C12H14N4O2S/c1-9(13)10-4-6-11(7-5-10)19(17,18)16-12-3-2-8-14-15-12/h2-9H,13H2,1H3,(H,15,16). The Morgan fingerprint density at radius 1 is 1.21 bits per heavy atom. The number of benzene rings is 1. The van der Waals surface area contributed by atoms with E-state index in [0.717, 1.165) is 5.56 Å². The minimum absolute atomic E-state index is 0.135. The van der Waals surface area contributed by atoms with Crippen LogP contribution in [0.15, 0.2) is 47.5 Å². The Labute approximate surface area is 111 Å². The first-order valence-electron chi connectivity index (χ1n) is 5.65. The van der Waals surface area contributed by atoms with Crippen LogP contribution in [-0.4, -0.2) is 18.6 Å². The lowest BCUT2D eigenvalue weighted by Crippen LogP contribution is -2.14. The average Bonchev–Trinajstić information content (AvgIpc) is 2.39. The smallest absolute Gasteiger partial charge is 0.263 e. The maximum absolute atomic E-state index is 12.1. The number of anilines is 1. The molecule has 0 bridgehead atoms. The third kappa shape index (κ3) is 3.27. The second-order valence-corrected chi connectivity index (χ2v) is 5.75. The molecule has 1 aromatic carbocycles. The van der Waals surface area contributed by atoms with Crippen LogP contribution >= 0.6 is 0 Å². The van der Waals surface area contributed by atoms with Gasteiger partial charge in [0, 0.05) is 12.2 Å². The van der Waals surface area contributed by atoms with Crippen LogP contribution in [0.4, 0.5) is 5.82 Å². The summed E-state index contributed by atoms with van der Waals surface area (Å²) in [5, 5.41) is 7.28. The van der Waals surface area contributed by atoms with E-state index < -0.39 is 10.0 Å². The van der Waals surface area contributed by atoms with Crippen molar-refractivity contribution in [2.45, 2.75) is 17.9 Å². The lowest BCUT2D eigenvalue weighted by atomic mass is 10.1. The topological polar surface area (TPSA) is 98.0 Å². The van der Waals surface area contributed by atoms with Crippen molar-refractivity contribution in [3.8, 4) is 0 Å². The Morgan fingerprint density at radius 3 is 2.42 bits per heavy atom. The summed E-state index contributed by atoms with van der Waals surface area (Å²) < 4.78 is 26.5. The molecule has 1 aromatic heterocycles. The molecule has 0 aliphatic heterocycles. The van der Waals surface area contributed by atoms with Crippen LogP contribution in [0, 0.1) is 0 Å².